The van der Waals surface area contributed by atoms with Gasteiger partial charge in [-0.25, -0.2) is 18.2 Å². The van der Waals surface area contributed by atoms with Crippen molar-refractivity contribution in [3.8, 4) is 5.69 Å². The van der Waals surface area contributed by atoms with Crippen LogP contribution in [0.25, 0.3) is 5.69 Å². The van der Waals surface area contributed by atoms with E-state index in [-0.39, 0.29) is 17.2 Å². The van der Waals surface area contributed by atoms with Crippen LogP contribution < -0.4 is 5.14 Å². The molecule has 20 heavy (non-hydrogen) atoms. The first-order valence-corrected chi connectivity index (χ1v) is 7.04. The van der Waals surface area contributed by atoms with Crippen LogP contribution in [0.15, 0.2) is 29.2 Å². The number of aromatic nitrogens is 3. The maximum Gasteiger partial charge on any atom is 0.238 e. The van der Waals surface area contributed by atoms with E-state index in [0.29, 0.717) is 17.7 Å². The Bertz CT molecular complexity index is 721. The molecule has 1 aromatic carbocycles. The van der Waals surface area contributed by atoms with Gasteiger partial charge in [-0.05, 0) is 24.3 Å². The largest absolute Gasteiger partial charge is 0.378 e. The van der Waals surface area contributed by atoms with Gasteiger partial charge >= 0.3 is 0 Å². The molecule has 0 radical (unpaired) electrons. The van der Waals surface area contributed by atoms with Gasteiger partial charge in [0.15, 0.2) is 12.0 Å². The lowest BCUT2D eigenvalue weighted by Crippen LogP contribution is -2.12. The van der Waals surface area contributed by atoms with Crippen molar-refractivity contribution in [2.75, 3.05) is 7.11 Å². The molecule has 1 heterocycles. The summed E-state index contributed by atoms with van der Waals surface area (Å²) in [6.45, 7) is 0.151. The Kier molecular flexibility index (Phi) is 3.93. The number of primary sulfonamides is 1. The van der Waals surface area contributed by atoms with Crippen molar-refractivity contribution >= 4 is 16.3 Å². The van der Waals surface area contributed by atoms with E-state index >= 15 is 0 Å². The number of carbonyl (C=O) groups excluding carboxylic acids is 1. The predicted octanol–water partition coefficient (Wildman–Crippen LogP) is -0.126. The zero-order chi connectivity index (χ0) is 14.8. The molecule has 8 nitrogen and oxygen atoms in total. The van der Waals surface area contributed by atoms with Gasteiger partial charge in [-0.15, -0.1) is 5.10 Å². The monoisotopic (exact) mass is 296 g/mol. The Balaban J connectivity index is 2.46. The van der Waals surface area contributed by atoms with Gasteiger partial charge in [0.05, 0.1) is 17.2 Å². The van der Waals surface area contributed by atoms with Crippen LogP contribution in [-0.4, -0.2) is 36.8 Å². The molecule has 2 rings (SSSR count). The highest BCUT2D eigenvalue weighted by Crippen LogP contribution is 2.15. The molecule has 0 atom stereocenters. The fourth-order valence-electron chi connectivity index (χ4n) is 1.66. The minimum Gasteiger partial charge on any atom is -0.378 e. The molecule has 0 aliphatic rings. The van der Waals surface area contributed by atoms with E-state index in [1.807, 2.05) is 0 Å². The number of hydrogen-bond acceptors (Lipinski definition) is 6. The number of sulfonamides is 1. The Morgan fingerprint density at radius 2 is 2.00 bits per heavy atom. The Morgan fingerprint density at radius 3 is 2.50 bits per heavy atom. The van der Waals surface area contributed by atoms with E-state index in [1.54, 1.807) is 0 Å². The van der Waals surface area contributed by atoms with Crippen LogP contribution in [0.5, 0.6) is 0 Å². The predicted molar refractivity (Wildman–Crippen MR) is 68.8 cm³/mol. The summed E-state index contributed by atoms with van der Waals surface area (Å²) in [4.78, 5) is 10.9. The van der Waals surface area contributed by atoms with Gasteiger partial charge in [0.2, 0.25) is 10.0 Å². The normalized spacial score (nSPS) is 11.5. The fraction of sp³-hybridized carbons (Fsp3) is 0.182. The molecule has 0 aliphatic heterocycles. The summed E-state index contributed by atoms with van der Waals surface area (Å²) in [5.74, 6) is 0. The van der Waals surface area contributed by atoms with E-state index in [0.717, 1.165) is 0 Å². The molecule has 2 aromatic rings. The molecule has 0 amide bonds. The van der Waals surface area contributed by atoms with E-state index in [4.69, 9.17) is 9.88 Å². The summed E-state index contributed by atoms with van der Waals surface area (Å²) in [5, 5.41) is 12.6. The van der Waals surface area contributed by atoms with Gasteiger partial charge in [-0.3, -0.25) is 4.79 Å². The lowest BCUT2D eigenvalue weighted by molar-refractivity contribution is 0.111. The quantitative estimate of drug-likeness (QED) is 0.768. The summed E-state index contributed by atoms with van der Waals surface area (Å²) in [6, 6.07) is 5.73. The first kappa shape index (κ1) is 14.3. The number of ether oxygens (including phenoxy) is 1. The molecule has 2 N–H and O–H groups in total. The highest BCUT2D eigenvalue weighted by molar-refractivity contribution is 7.89. The lowest BCUT2D eigenvalue weighted by atomic mass is 10.3. The molecular weight excluding hydrogens is 284 g/mol. The van der Waals surface area contributed by atoms with Crippen LogP contribution in [0.2, 0.25) is 0 Å². The number of rotatable bonds is 5. The van der Waals surface area contributed by atoms with Gasteiger partial charge in [0.25, 0.3) is 0 Å². The van der Waals surface area contributed by atoms with Crippen LogP contribution >= 0.6 is 0 Å². The Hall–Kier alpha value is -2.10. The minimum absolute atomic E-state index is 0.00901. The summed E-state index contributed by atoms with van der Waals surface area (Å²) in [7, 11) is -2.27. The fourth-order valence-corrected chi connectivity index (χ4v) is 2.18. The molecule has 0 fully saturated rings. The van der Waals surface area contributed by atoms with Gasteiger partial charge in [-0.1, -0.05) is 5.21 Å². The molecule has 0 spiro atoms. The average Bonchev–Trinajstić information content (AvgIpc) is 2.81. The number of aldehydes is 1. The average molecular weight is 296 g/mol. The van der Waals surface area contributed by atoms with Crippen LogP contribution in [0.1, 0.15) is 16.2 Å². The van der Waals surface area contributed by atoms with Crippen molar-refractivity contribution in [2.24, 2.45) is 5.14 Å². The molecule has 1 aromatic heterocycles. The van der Waals surface area contributed by atoms with Gasteiger partial charge in [-0.2, -0.15) is 0 Å². The van der Waals surface area contributed by atoms with Crippen LogP contribution in [0.4, 0.5) is 0 Å². The number of carbonyl (C=O) groups is 1. The topological polar surface area (TPSA) is 117 Å². The van der Waals surface area contributed by atoms with Gasteiger partial charge in [0, 0.05) is 7.11 Å². The summed E-state index contributed by atoms with van der Waals surface area (Å²) in [5.41, 5.74) is 1.19. The second kappa shape index (κ2) is 5.49. The zero-order valence-corrected chi connectivity index (χ0v) is 11.4. The second-order valence-electron chi connectivity index (χ2n) is 3.92. The number of hydrogen-bond donors (Lipinski definition) is 1. The highest BCUT2D eigenvalue weighted by Gasteiger charge is 2.14. The molecule has 0 saturated carbocycles. The third-order valence-electron chi connectivity index (χ3n) is 2.60. The smallest absolute Gasteiger partial charge is 0.238 e. The number of nitrogens with zero attached hydrogens (tertiary/aromatic N) is 3. The van der Waals surface area contributed by atoms with E-state index < -0.39 is 10.0 Å². The maximum atomic E-state index is 11.2. The van der Waals surface area contributed by atoms with Crippen LogP contribution in [-0.2, 0) is 21.4 Å². The van der Waals surface area contributed by atoms with E-state index in [9.17, 15) is 13.2 Å². The van der Waals surface area contributed by atoms with Crippen LogP contribution in [0, 0.1) is 0 Å². The number of methoxy groups -OCH3 is 1. The molecule has 0 aliphatic carbocycles. The van der Waals surface area contributed by atoms with E-state index in [1.165, 1.54) is 36.1 Å². The highest BCUT2D eigenvalue weighted by atomic mass is 32.2. The summed E-state index contributed by atoms with van der Waals surface area (Å²) < 4.78 is 28.8. The van der Waals surface area contributed by atoms with Crippen molar-refractivity contribution in [2.45, 2.75) is 11.5 Å². The third-order valence-corrected chi connectivity index (χ3v) is 3.52. The Morgan fingerprint density at radius 1 is 1.35 bits per heavy atom. The standard InChI is InChI=1S/C11H12N4O4S/c1-19-7-11-10(6-16)13-14-15(11)8-2-4-9(5-3-8)20(12,17)18/h2-6H,7H2,1H3,(H2,12,17,18). The molecule has 9 heteroatoms. The first-order chi connectivity index (χ1) is 9.47. The molecular formula is C11H12N4O4S. The van der Waals surface area contributed by atoms with Crippen molar-refractivity contribution in [1.29, 1.82) is 0 Å². The summed E-state index contributed by atoms with van der Waals surface area (Å²) in [6.07, 6.45) is 0.580. The van der Waals surface area contributed by atoms with Crippen molar-refractivity contribution < 1.29 is 17.9 Å². The molecule has 0 saturated heterocycles. The SMILES string of the molecule is COCc1c(C=O)nnn1-c1ccc(S(N)(=O)=O)cc1. The Labute approximate surface area is 115 Å². The van der Waals surface area contributed by atoms with Crippen molar-refractivity contribution in [3.05, 3.63) is 35.7 Å². The maximum absolute atomic E-state index is 11.2. The van der Waals surface area contributed by atoms with E-state index in [2.05, 4.69) is 10.3 Å². The second-order valence-corrected chi connectivity index (χ2v) is 5.48. The van der Waals surface area contributed by atoms with Crippen LogP contribution in [0.3, 0.4) is 0 Å². The lowest BCUT2D eigenvalue weighted by Gasteiger charge is -2.06. The molecule has 0 bridgehead atoms. The minimum atomic E-state index is -3.75. The zero-order valence-electron chi connectivity index (χ0n) is 10.6. The first-order valence-electron chi connectivity index (χ1n) is 5.49. The third kappa shape index (κ3) is 2.74. The number of nitrogens with two attached hydrogens (primary N) is 1. The summed E-state index contributed by atoms with van der Waals surface area (Å²) >= 11 is 0. The molecule has 0 unspecified atom stereocenters. The van der Waals surface area contributed by atoms with Crippen molar-refractivity contribution in [1.82, 2.24) is 15.0 Å². The number of benzene rings is 1. The molecule has 106 valence electrons. The van der Waals surface area contributed by atoms with Gasteiger partial charge in [0.1, 0.15) is 5.69 Å². The van der Waals surface area contributed by atoms with Gasteiger partial charge < -0.3 is 4.74 Å². The van der Waals surface area contributed by atoms with Crippen molar-refractivity contribution in [3.63, 3.8) is 0 Å².